The van der Waals surface area contributed by atoms with Crippen molar-refractivity contribution in [3.8, 4) is 0 Å². The minimum atomic E-state index is -0.225. The molecule has 1 aliphatic rings. The van der Waals surface area contributed by atoms with Crippen LogP contribution in [0.5, 0.6) is 0 Å². The maximum absolute atomic E-state index is 11.9. The Hall–Kier alpha value is -0.910. The highest BCUT2D eigenvalue weighted by Crippen LogP contribution is 2.13. The maximum Gasteiger partial charge on any atom is 0.252 e. The summed E-state index contributed by atoms with van der Waals surface area (Å²) in [6.07, 6.45) is 2.50. The second kappa shape index (κ2) is 7.03. The van der Waals surface area contributed by atoms with Gasteiger partial charge in [0, 0.05) is 36.6 Å². The predicted octanol–water partition coefficient (Wildman–Crippen LogP) is 1.71. The fourth-order valence-electron chi connectivity index (χ4n) is 2.35. The number of rotatable bonds is 5. The first kappa shape index (κ1) is 14.5. The number of thiophene rings is 1. The number of carbonyl (C=O) groups excluding carboxylic acids is 1. The Morgan fingerprint density at radius 3 is 2.89 bits per heavy atom. The van der Waals surface area contributed by atoms with E-state index in [0.717, 1.165) is 44.5 Å². The number of hydrogen-bond acceptors (Lipinski definition) is 4. The molecule has 2 rings (SSSR count). The summed E-state index contributed by atoms with van der Waals surface area (Å²) < 4.78 is 0. The summed E-state index contributed by atoms with van der Waals surface area (Å²) in [5.74, 6) is 0.0355. The van der Waals surface area contributed by atoms with E-state index in [1.165, 1.54) is 0 Å². The topological polar surface area (TPSA) is 52.6 Å². The zero-order valence-corrected chi connectivity index (χ0v) is 12.2. The highest BCUT2D eigenvalue weighted by molar-refractivity contribution is 7.08. The standard InChI is InChI=1S/C14H22N2O2S/c1-2-13(17)9-16-6-3-12(4-7-16)15-14(18)11-5-8-19-10-11/h5,8,10,12-13,17H,2-4,6-7,9H2,1H3,(H,15,18). The first-order chi connectivity index (χ1) is 9.19. The highest BCUT2D eigenvalue weighted by atomic mass is 32.1. The van der Waals surface area contributed by atoms with Gasteiger partial charge in [0.2, 0.25) is 0 Å². The molecule has 106 valence electrons. The van der Waals surface area contributed by atoms with Crippen molar-refractivity contribution in [1.82, 2.24) is 10.2 Å². The first-order valence-electron chi connectivity index (χ1n) is 6.92. The van der Waals surface area contributed by atoms with Gasteiger partial charge in [-0.1, -0.05) is 6.92 Å². The second-order valence-corrected chi connectivity index (χ2v) is 5.90. The Balaban J connectivity index is 1.73. The summed E-state index contributed by atoms with van der Waals surface area (Å²) in [4.78, 5) is 14.2. The molecular weight excluding hydrogens is 260 g/mol. The molecule has 0 saturated carbocycles. The minimum Gasteiger partial charge on any atom is -0.392 e. The van der Waals surface area contributed by atoms with Gasteiger partial charge in [0.15, 0.2) is 0 Å². The summed E-state index contributed by atoms with van der Waals surface area (Å²) in [5.41, 5.74) is 0.758. The molecule has 0 aliphatic carbocycles. The lowest BCUT2D eigenvalue weighted by molar-refractivity contribution is 0.0818. The molecule has 1 fully saturated rings. The number of carbonyl (C=O) groups is 1. The smallest absolute Gasteiger partial charge is 0.252 e. The van der Waals surface area contributed by atoms with E-state index in [1.807, 2.05) is 23.8 Å². The molecule has 1 aromatic heterocycles. The number of nitrogens with one attached hydrogen (secondary N) is 1. The summed E-state index contributed by atoms with van der Waals surface area (Å²) in [6.45, 7) is 4.65. The molecule has 1 amide bonds. The summed E-state index contributed by atoms with van der Waals surface area (Å²) >= 11 is 1.54. The molecule has 0 radical (unpaired) electrons. The van der Waals surface area contributed by atoms with Crippen molar-refractivity contribution < 1.29 is 9.90 Å². The largest absolute Gasteiger partial charge is 0.392 e. The quantitative estimate of drug-likeness (QED) is 0.864. The minimum absolute atomic E-state index is 0.0355. The van der Waals surface area contributed by atoms with Gasteiger partial charge in [-0.2, -0.15) is 11.3 Å². The maximum atomic E-state index is 11.9. The lowest BCUT2D eigenvalue weighted by Gasteiger charge is -2.33. The third-order valence-corrected chi connectivity index (χ3v) is 4.33. The SMILES string of the molecule is CCC(O)CN1CCC(NC(=O)c2ccsc2)CC1. The predicted molar refractivity (Wildman–Crippen MR) is 77.5 cm³/mol. The number of β-amino-alcohol motifs (C(OH)–C–C–N with tert-alkyl or cyclic N) is 1. The van der Waals surface area contributed by atoms with Crippen LogP contribution in [0.25, 0.3) is 0 Å². The normalized spacial score (nSPS) is 19.3. The van der Waals surface area contributed by atoms with Gasteiger partial charge < -0.3 is 15.3 Å². The van der Waals surface area contributed by atoms with Crippen LogP contribution in [0.3, 0.4) is 0 Å². The molecule has 19 heavy (non-hydrogen) atoms. The van der Waals surface area contributed by atoms with Gasteiger partial charge in [0.1, 0.15) is 0 Å². The van der Waals surface area contributed by atoms with Crippen LogP contribution in [0, 0.1) is 0 Å². The molecule has 4 nitrogen and oxygen atoms in total. The van der Waals surface area contributed by atoms with Crippen LogP contribution in [0.4, 0.5) is 0 Å². The van der Waals surface area contributed by atoms with Crippen LogP contribution < -0.4 is 5.32 Å². The summed E-state index contributed by atoms with van der Waals surface area (Å²) in [7, 11) is 0. The van der Waals surface area contributed by atoms with Gasteiger partial charge in [-0.05, 0) is 30.7 Å². The average molecular weight is 282 g/mol. The number of amides is 1. The molecule has 0 bridgehead atoms. The Morgan fingerprint density at radius 1 is 1.58 bits per heavy atom. The monoisotopic (exact) mass is 282 g/mol. The van der Waals surface area contributed by atoms with Gasteiger partial charge in [0.05, 0.1) is 6.10 Å². The Labute approximate surface area is 118 Å². The van der Waals surface area contributed by atoms with Crippen molar-refractivity contribution in [3.63, 3.8) is 0 Å². The number of aliphatic hydroxyl groups excluding tert-OH is 1. The van der Waals surface area contributed by atoms with E-state index in [4.69, 9.17) is 0 Å². The first-order valence-corrected chi connectivity index (χ1v) is 7.86. The van der Waals surface area contributed by atoms with Gasteiger partial charge in [-0.25, -0.2) is 0 Å². The van der Waals surface area contributed by atoms with Crippen LogP contribution in [0.1, 0.15) is 36.5 Å². The summed E-state index contributed by atoms with van der Waals surface area (Å²) in [5, 5.41) is 16.5. The van der Waals surface area contributed by atoms with Crippen molar-refractivity contribution in [1.29, 1.82) is 0 Å². The van der Waals surface area contributed by atoms with Gasteiger partial charge in [-0.15, -0.1) is 0 Å². The van der Waals surface area contributed by atoms with Gasteiger partial charge in [-0.3, -0.25) is 4.79 Å². The van der Waals surface area contributed by atoms with Crippen molar-refractivity contribution >= 4 is 17.2 Å². The van der Waals surface area contributed by atoms with Crippen LogP contribution in [0.2, 0.25) is 0 Å². The van der Waals surface area contributed by atoms with E-state index in [0.29, 0.717) is 0 Å². The lowest BCUT2D eigenvalue weighted by atomic mass is 10.0. The second-order valence-electron chi connectivity index (χ2n) is 5.12. The third kappa shape index (κ3) is 4.30. The van der Waals surface area contributed by atoms with E-state index < -0.39 is 0 Å². The van der Waals surface area contributed by atoms with E-state index in [2.05, 4.69) is 10.2 Å². The van der Waals surface area contributed by atoms with Gasteiger partial charge >= 0.3 is 0 Å². The summed E-state index contributed by atoms with van der Waals surface area (Å²) in [6, 6.07) is 2.12. The van der Waals surface area contributed by atoms with Crippen molar-refractivity contribution in [3.05, 3.63) is 22.4 Å². The molecule has 2 heterocycles. The molecule has 0 spiro atoms. The van der Waals surface area contributed by atoms with Crippen LogP contribution in [-0.4, -0.2) is 47.7 Å². The zero-order chi connectivity index (χ0) is 13.7. The van der Waals surface area contributed by atoms with E-state index in [-0.39, 0.29) is 18.1 Å². The average Bonchev–Trinajstić information content (AvgIpc) is 2.95. The molecule has 2 N–H and O–H groups in total. The number of nitrogens with zero attached hydrogens (tertiary/aromatic N) is 1. The van der Waals surface area contributed by atoms with E-state index in [9.17, 15) is 9.90 Å². The molecule has 1 atom stereocenters. The zero-order valence-electron chi connectivity index (χ0n) is 11.3. The Bertz CT molecular complexity index is 386. The van der Waals surface area contributed by atoms with Crippen LogP contribution in [-0.2, 0) is 0 Å². The third-order valence-electron chi connectivity index (χ3n) is 3.65. The van der Waals surface area contributed by atoms with Crippen molar-refractivity contribution in [2.75, 3.05) is 19.6 Å². The molecular formula is C14H22N2O2S. The van der Waals surface area contributed by atoms with Crippen molar-refractivity contribution in [2.24, 2.45) is 0 Å². The molecule has 1 saturated heterocycles. The Kier molecular flexibility index (Phi) is 5.36. The van der Waals surface area contributed by atoms with Gasteiger partial charge in [0.25, 0.3) is 5.91 Å². The fraction of sp³-hybridized carbons (Fsp3) is 0.643. The number of likely N-dealkylation sites (tertiary alicyclic amines) is 1. The fourth-order valence-corrected chi connectivity index (χ4v) is 2.99. The van der Waals surface area contributed by atoms with E-state index in [1.54, 1.807) is 11.3 Å². The number of piperidine rings is 1. The van der Waals surface area contributed by atoms with E-state index >= 15 is 0 Å². The van der Waals surface area contributed by atoms with Crippen molar-refractivity contribution in [2.45, 2.75) is 38.3 Å². The molecule has 5 heteroatoms. The number of hydrogen-bond donors (Lipinski definition) is 2. The lowest BCUT2D eigenvalue weighted by Crippen LogP contribution is -2.46. The molecule has 1 aromatic rings. The molecule has 1 aliphatic heterocycles. The number of aliphatic hydroxyl groups is 1. The van der Waals surface area contributed by atoms with Crippen LogP contribution >= 0.6 is 11.3 Å². The molecule has 1 unspecified atom stereocenters. The molecule has 0 aromatic carbocycles. The highest BCUT2D eigenvalue weighted by Gasteiger charge is 2.22. The Morgan fingerprint density at radius 2 is 2.32 bits per heavy atom. The van der Waals surface area contributed by atoms with Crippen LogP contribution in [0.15, 0.2) is 16.8 Å².